The topological polar surface area (TPSA) is 72.6 Å². The first-order chi connectivity index (χ1) is 9.18. The zero-order chi connectivity index (χ0) is 15.9. The molecule has 0 fully saturated rings. The van der Waals surface area contributed by atoms with E-state index in [0.29, 0.717) is 12.5 Å². The van der Waals surface area contributed by atoms with Crippen molar-refractivity contribution in [2.24, 2.45) is 23.5 Å². The predicted molar refractivity (Wildman–Crippen MR) is 87.3 cm³/mol. The molecule has 0 bridgehead atoms. The van der Waals surface area contributed by atoms with E-state index in [1.54, 1.807) is 14.1 Å². The SMILES string of the molecule is CC(C)C[C@H](CN)CC(=O)OC(C(=O)N(C)C)C(C)C.Cl. The minimum atomic E-state index is -0.713. The normalized spacial score (nSPS) is 13.6. The van der Waals surface area contributed by atoms with Crippen LogP contribution >= 0.6 is 12.4 Å². The average molecular weight is 323 g/mol. The number of nitrogens with zero attached hydrogens (tertiary/aromatic N) is 1. The molecule has 5 nitrogen and oxygen atoms in total. The average Bonchev–Trinajstić information content (AvgIpc) is 2.33. The summed E-state index contributed by atoms with van der Waals surface area (Å²) in [5.74, 6) is 0.0391. The standard InChI is InChI=1S/C15H30N2O3.ClH/c1-10(2)7-12(9-16)8-13(18)20-14(11(3)4)15(19)17(5)6;/h10-12,14H,7-9,16H2,1-6H3;1H/t12-,14?;/m0./s1. The van der Waals surface area contributed by atoms with E-state index >= 15 is 0 Å². The van der Waals surface area contributed by atoms with Gasteiger partial charge < -0.3 is 15.4 Å². The van der Waals surface area contributed by atoms with E-state index in [2.05, 4.69) is 13.8 Å². The van der Waals surface area contributed by atoms with Crippen LogP contribution in [0.2, 0.25) is 0 Å². The summed E-state index contributed by atoms with van der Waals surface area (Å²) in [6, 6.07) is 0. The zero-order valence-corrected chi connectivity index (χ0v) is 14.9. The second-order valence-electron chi connectivity index (χ2n) is 6.32. The van der Waals surface area contributed by atoms with Crippen molar-refractivity contribution in [3.8, 4) is 0 Å². The third-order valence-electron chi connectivity index (χ3n) is 3.14. The molecule has 0 aliphatic carbocycles. The van der Waals surface area contributed by atoms with Crippen LogP contribution in [0.4, 0.5) is 0 Å². The van der Waals surface area contributed by atoms with Crippen LogP contribution in [0.15, 0.2) is 0 Å². The fraction of sp³-hybridized carbons (Fsp3) is 0.867. The van der Waals surface area contributed by atoms with Crippen LogP contribution in [-0.2, 0) is 14.3 Å². The van der Waals surface area contributed by atoms with Crippen molar-refractivity contribution in [3.63, 3.8) is 0 Å². The first kappa shape index (κ1) is 22.5. The van der Waals surface area contributed by atoms with Gasteiger partial charge in [0.2, 0.25) is 0 Å². The van der Waals surface area contributed by atoms with E-state index in [4.69, 9.17) is 10.5 Å². The molecule has 1 unspecified atom stereocenters. The van der Waals surface area contributed by atoms with Crippen molar-refractivity contribution in [2.75, 3.05) is 20.6 Å². The van der Waals surface area contributed by atoms with Crippen LogP contribution in [-0.4, -0.2) is 43.5 Å². The van der Waals surface area contributed by atoms with Crippen LogP contribution < -0.4 is 5.73 Å². The number of esters is 1. The number of rotatable bonds is 8. The van der Waals surface area contributed by atoms with Gasteiger partial charge in [-0.15, -0.1) is 12.4 Å². The van der Waals surface area contributed by atoms with Crippen molar-refractivity contribution in [1.29, 1.82) is 0 Å². The van der Waals surface area contributed by atoms with E-state index in [9.17, 15) is 9.59 Å². The van der Waals surface area contributed by atoms with Crippen LogP contribution in [0.3, 0.4) is 0 Å². The monoisotopic (exact) mass is 322 g/mol. The molecule has 0 radical (unpaired) electrons. The van der Waals surface area contributed by atoms with Gasteiger partial charge in [0.1, 0.15) is 0 Å². The Morgan fingerprint density at radius 1 is 1.14 bits per heavy atom. The Balaban J connectivity index is 0. The van der Waals surface area contributed by atoms with Crippen molar-refractivity contribution in [1.82, 2.24) is 4.90 Å². The highest BCUT2D eigenvalue weighted by Crippen LogP contribution is 2.17. The van der Waals surface area contributed by atoms with Gasteiger partial charge in [0.05, 0.1) is 0 Å². The Bertz CT molecular complexity index is 320. The van der Waals surface area contributed by atoms with Crippen molar-refractivity contribution < 1.29 is 14.3 Å². The van der Waals surface area contributed by atoms with Gasteiger partial charge in [0.15, 0.2) is 6.10 Å². The number of halogens is 1. The van der Waals surface area contributed by atoms with E-state index in [1.807, 2.05) is 13.8 Å². The van der Waals surface area contributed by atoms with Crippen molar-refractivity contribution in [2.45, 2.75) is 46.6 Å². The summed E-state index contributed by atoms with van der Waals surface area (Å²) >= 11 is 0. The van der Waals surface area contributed by atoms with E-state index in [-0.39, 0.29) is 42.5 Å². The van der Waals surface area contributed by atoms with Crippen molar-refractivity contribution >= 4 is 24.3 Å². The van der Waals surface area contributed by atoms with Gasteiger partial charge in [-0.05, 0) is 30.7 Å². The number of carbonyl (C=O) groups excluding carboxylic acids is 2. The molecule has 2 N–H and O–H groups in total. The maximum absolute atomic E-state index is 12.0. The number of nitrogens with two attached hydrogens (primary N) is 1. The van der Waals surface area contributed by atoms with Crippen LogP contribution in [0, 0.1) is 17.8 Å². The van der Waals surface area contributed by atoms with Crippen LogP contribution in [0.5, 0.6) is 0 Å². The van der Waals surface area contributed by atoms with Gasteiger partial charge in [-0.3, -0.25) is 9.59 Å². The summed E-state index contributed by atoms with van der Waals surface area (Å²) in [6.07, 6.45) is 0.452. The molecule has 0 aromatic heterocycles. The number of carbonyl (C=O) groups is 2. The number of likely N-dealkylation sites (N-methyl/N-ethyl adjacent to an activating group) is 1. The minimum absolute atomic E-state index is 0. The van der Waals surface area contributed by atoms with Gasteiger partial charge in [-0.1, -0.05) is 27.7 Å². The third kappa shape index (κ3) is 8.94. The third-order valence-corrected chi connectivity index (χ3v) is 3.14. The lowest BCUT2D eigenvalue weighted by atomic mass is 9.94. The smallest absolute Gasteiger partial charge is 0.306 e. The predicted octanol–water partition coefficient (Wildman–Crippen LogP) is 2.08. The Morgan fingerprint density at radius 3 is 2.00 bits per heavy atom. The molecular formula is C15H31ClN2O3. The molecule has 0 aliphatic rings. The molecule has 0 heterocycles. The molecule has 6 heteroatoms. The Labute approximate surface area is 135 Å². The molecule has 0 rings (SSSR count). The number of amides is 1. The first-order valence-corrected chi connectivity index (χ1v) is 7.29. The molecule has 0 aliphatic heterocycles. The molecule has 0 saturated carbocycles. The molecule has 1 amide bonds. The van der Waals surface area contributed by atoms with Crippen LogP contribution in [0.25, 0.3) is 0 Å². The lowest BCUT2D eigenvalue weighted by molar-refractivity contribution is -0.162. The minimum Gasteiger partial charge on any atom is -0.452 e. The zero-order valence-electron chi connectivity index (χ0n) is 14.1. The van der Waals surface area contributed by atoms with E-state index in [1.165, 1.54) is 4.90 Å². The highest BCUT2D eigenvalue weighted by Gasteiger charge is 2.28. The molecule has 0 saturated heterocycles. The summed E-state index contributed by atoms with van der Waals surface area (Å²) in [6.45, 7) is 8.39. The maximum Gasteiger partial charge on any atom is 0.306 e. The summed E-state index contributed by atoms with van der Waals surface area (Å²) < 4.78 is 5.36. The summed E-state index contributed by atoms with van der Waals surface area (Å²) in [5, 5.41) is 0. The van der Waals surface area contributed by atoms with Gasteiger partial charge in [-0.25, -0.2) is 0 Å². The lowest BCUT2D eigenvalue weighted by Crippen LogP contribution is -2.40. The Kier molecular flexibility index (Phi) is 11.6. The number of ether oxygens (including phenoxy) is 1. The fourth-order valence-corrected chi connectivity index (χ4v) is 2.08. The molecule has 21 heavy (non-hydrogen) atoms. The summed E-state index contributed by atoms with van der Waals surface area (Å²) in [4.78, 5) is 25.4. The molecule has 126 valence electrons. The number of hydrogen-bond acceptors (Lipinski definition) is 4. The highest BCUT2D eigenvalue weighted by atomic mass is 35.5. The largest absolute Gasteiger partial charge is 0.452 e. The molecular weight excluding hydrogens is 292 g/mol. The Morgan fingerprint density at radius 2 is 1.67 bits per heavy atom. The number of hydrogen-bond donors (Lipinski definition) is 1. The van der Waals surface area contributed by atoms with Crippen molar-refractivity contribution in [3.05, 3.63) is 0 Å². The summed E-state index contributed by atoms with van der Waals surface area (Å²) in [5.41, 5.74) is 5.69. The van der Waals surface area contributed by atoms with Gasteiger partial charge in [-0.2, -0.15) is 0 Å². The quantitative estimate of drug-likeness (QED) is 0.694. The lowest BCUT2D eigenvalue weighted by Gasteiger charge is -2.24. The molecule has 2 atom stereocenters. The van der Waals surface area contributed by atoms with E-state index < -0.39 is 6.10 Å². The maximum atomic E-state index is 12.0. The Hall–Kier alpha value is -0.810. The molecule has 0 aromatic rings. The second kappa shape index (κ2) is 10.9. The van der Waals surface area contributed by atoms with Gasteiger partial charge >= 0.3 is 5.97 Å². The van der Waals surface area contributed by atoms with E-state index in [0.717, 1.165) is 6.42 Å². The first-order valence-electron chi connectivity index (χ1n) is 7.29. The molecule has 0 aromatic carbocycles. The fourth-order valence-electron chi connectivity index (χ4n) is 2.08. The molecule has 0 spiro atoms. The van der Waals surface area contributed by atoms with Crippen LogP contribution in [0.1, 0.15) is 40.5 Å². The highest BCUT2D eigenvalue weighted by molar-refractivity contribution is 5.85. The van der Waals surface area contributed by atoms with Gasteiger partial charge in [0, 0.05) is 20.5 Å². The van der Waals surface area contributed by atoms with Gasteiger partial charge in [0.25, 0.3) is 5.91 Å². The summed E-state index contributed by atoms with van der Waals surface area (Å²) in [7, 11) is 3.32. The second-order valence-corrected chi connectivity index (χ2v) is 6.32.